The number of hydrogen-bond acceptors (Lipinski definition) is 3. The summed E-state index contributed by atoms with van der Waals surface area (Å²) in [5, 5.41) is 10.7. The number of rotatable bonds is 4. The fourth-order valence-corrected chi connectivity index (χ4v) is 3.31. The first-order chi connectivity index (χ1) is 10.9. The Morgan fingerprint density at radius 3 is 2.65 bits per heavy atom. The minimum atomic E-state index is -0.0800. The van der Waals surface area contributed by atoms with Gasteiger partial charge in [-0.05, 0) is 43.4 Å². The van der Waals surface area contributed by atoms with E-state index in [0.29, 0.717) is 28.0 Å². The SMILES string of the molecule is BCc1cc(N)c(/C=C(\N)c2cc(Cl)cc(Cl)c2O)n1C1CC1. The van der Waals surface area contributed by atoms with E-state index in [9.17, 15) is 5.11 Å². The Morgan fingerprint density at radius 2 is 2.04 bits per heavy atom. The van der Waals surface area contributed by atoms with Crippen LogP contribution in [0.3, 0.4) is 0 Å². The van der Waals surface area contributed by atoms with Gasteiger partial charge in [0.2, 0.25) is 0 Å². The molecule has 3 rings (SSSR count). The van der Waals surface area contributed by atoms with E-state index < -0.39 is 0 Å². The summed E-state index contributed by atoms with van der Waals surface area (Å²) in [6, 6.07) is 5.54. The lowest BCUT2D eigenvalue weighted by Crippen LogP contribution is -2.05. The van der Waals surface area contributed by atoms with Crippen LogP contribution in [0.4, 0.5) is 5.69 Å². The topological polar surface area (TPSA) is 77.2 Å². The van der Waals surface area contributed by atoms with Gasteiger partial charge in [-0.3, -0.25) is 0 Å². The van der Waals surface area contributed by atoms with E-state index in [2.05, 4.69) is 12.4 Å². The molecule has 7 heteroatoms. The van der Waals surface area contributed by atoms with Gasteiger partial charge in [0.05, 0.1) is 16.4 Å². The molecule has 0 unspecified atom stereocenters. The molecule has 0 bridgehead atoms. The number of phenols is 1. The van der Waals surface area contributed by atoms with Crippen LogP contribution in [0.2, 0.25) is 10.0 Å². The lowest BCUT2D eigenvalue weighted by molar-refractivity contribution is 0.474. The lowest BCUT2D eigenvalue weighted by atomic mass is 10.0. The molecule has 5 N–H and O–H groups in total. The number of halogens is 2. The van der Waals surface area contributed by atoms with E-state index in [-0.39, 0.29) is 10.8 Å². The largest absolute Gasteiger partial charge is 0.506 e. The van der Waals surface area contributed by atoms with Gasteiger partial charge in [0.25, 0.3) is 0 Å². The van der Waals surface area contributed by atoms with Crippen molar-refractivity contribution in [3.8, 4) is 5.75 Å². The predicted molar refractivity (Wildman–Crippen MR) is 99.5 cm³/mol. The molecule has 1 aliphatic carbocycles. The summed E-state index contributed by atoms with van der Waals surface area (Å²) < 4.78 is 2.24. The molecule has 1 aromatic heterocycles. The van der Waals surface area contributed by atoms with Crippen molar-refractivity contribution < 1.29 is 5.11 Å². The normalized spacial score (nSPS) is 15.1. The van der Waals surface area contributed by atoms with Crippen molar-refractivity contribution >= 4 is 48.5 Å². The van der Waals surface area contributed by atoms with Crippen molar-refractivity contribution in [3.63, 3.8) is 0 Å². The van der Waals surface area contributed by atoms with Crippen LogP contribution in [0.15, 0.2) is 18.2 Å². The third-order valence-electron chi connectivity index (χ3n) is 4.09. The van der Waals surface area contributed by atoms with Crippen LogP contribution in [-0.4, -0.2) is 17.5 Å². The number of benzene rings is 1. The van der Waals surface area contributed by atoms with Crippen LogP contribution in [0.5, 0.6) is 5.75 Å². The molecule has 1 heterocycles. The van der Waals surface area contributed by atoms with Gasteiger partial charge in [-0.15, -0.1) is 0 Å². The van der Waals surface area contributed by atoms with Crippen molar-refractivity contribution in [3.05, 3.63) is 45.2 Å². The summed E-state index contributed by atoms with van der Waals surface area (Å²) in [5.74, 6) is -0.0800. The van der Waals surface area contributed by atoms with Crippen molar-refractivity contribution in [1.29, 1.82) is 0 Å². The number of anilines is 1. The zero-order valence-corrected chi connectivity index (χ0v) is 14.3. The van der Waals surface area contributed by atoms with E-state index in [1.165, 1.54) is 11.8 Å². The highest BCUT2D eigenvalue weighted by molar-refractivity contribution is 6.36. The standard InChI is InChI=1S/C16H18BCl2N3O/c17-7-10-5-14(21)15(22(10)9-1-2-9)6-13(20)11-3-8(18)4-12(19)16(11)23/h3-6,9,23H,1-2,7,17,20-21H2/b13-6-. The molecular formula is C16H18BCl2N3O. The molecule has 1 aromatic carbocycles. The second-order valence-electron chi connectivity index (χ2n) is 5.81. The Morgan fingerprint density at radius 1 is 1.35 bits per heavy atom. The molecule has 0 radical (unpaired) electrons. The number of hydrogen-bond donors (Lipinski definition) is 3. The van der Waals surface area contributed by atoms with Crippen LogP contribution in [0.25, 0.3) is 11.8 Å². The second-order valence-corrected chi connectivity index (χ2v) is 6.66. The average Bonchev–Trinajstić information content (AvgIpc) is 3.28. The van der Waals surface area contributed by atoms with Crippen molar-refractivity contribution in [2.45, 2.75) is 25.2 Å². The maximum absolute atomic E-state index is 10.1. The molecule has 0 spiro atoms. The zero-order chi connectivity index (χ0) is 16.7. The number of nitrogen functional groups attached to an aromatic ring is 1. The van der Waals surface area contributed by atoms with Gasteiger partial charge in [0.15, 0.2) is 0 Å². The second kappa shape index (κ2) is 6.06. The molecule has 120 valence electrons. The Balaban J connectivity index is 2.10. The predicted octanol–water partition coefficient (Wildman–Crippen LogP) is 3.01. The number of nitrogens with zero attached hydrogens (tertiary/aromatic N) is 1. The van der Waals surface area contributed by atoms with Gasteiger partial charge in [-0.1, -0.05) is 23.2 Å². The highest BCUT2D eigenvalue weighted by Crippen LogP contribution is 2.41. The van der Waals surface area contributed by atoms with Gasteiger partial charge in [0, 0.05) is 28.0 Å². The van der Waals surface area contributed by atoms with Gasteiger partial charge in [0.1, 0.15) is 13.6 Å². The smallest absolute Gasteiger partial charge is 0.143 e. The van der Waals surface area contributed by atoms with Crippen LogP contribution in [-0.2, 0) is 6.32 Å². The van der Waals surface area contributed by atoms with Gasteiger partial charge < -0.3 is 21.1 Å². The fraction of sp³-hybridized carbons (Fsp3) is 0.250. The third-order valence-corrected chi connectivity index (χ3v) is 4.60. The van der Waals surface area contributed by atoms with Crippen molar-refractivity contribution in [1.82, 2.24) is 4.57 Å². The molecule has 1 aliphatic rings. The maximum Gasteiger partial charge on any atom is 0.143 e. The van der Waals surface area contributed by atoms with E-state index in [4.69, 9.17) is 34.7 Å². The van der Waals surface area contributed by atoms with Crippen LogP contribution in [0, 0.1) is 0 Å². The van der Waals surface area contributed by atoms with Gasteiger partial charge in [-0.25, -0.2) is 0 Å². The quantitative estimate of drug-likeness (QED) is 0.742. The van der Waals surface area contributed by atoms with Gasteiger partial charge in [-0.2, -0.15) is 0 Å². The molecule has 0 amide bonds. The molecule has 1 fully saturated rings. The van der Waals surface area contributed by atoms with E-state index >= 15 is 0 Å². The fourth-order valence-electron chi connectivity index (χ4n) is 2.82. The third kappa shape index (κ3) is 3.03. The Labute approximate surface area is 146 Å². The number of nitrogens with two attached hydrogens (primary N) is 2. The molecule has 23 heavy (non-hydrogen) atoms. The maximum atomic E-state index is 10.1. The van der Waals surface area contributed by atoms with Crippen LogP contribution in [0.1, 0.15) is 35.8 Å². The summed E-state index contributed by atoms with van der Waals surface area (Å²) >= 11 is 12.0. The summed E-state index contributed by atoms with van der Waals surface area (Å²) in [5.41, 5.74) is 15.9. The summed E-state index contributed by atoms with van der Waals surface area (Å²) in [6.07, 6.45) is 4.99. The monoisotopic (exact) mass is 349 g/mol. The van der Waals surface area contributed by atoms with E-state index in [0.717, 1.165) is 24.9 Å². The van der Waals surface area contributed by atoms with Crippen LogP contribution < -0.4 is 11.5 Å². The Kier molecular flexibility index (Phi) is 4.26. The Hall–Kier alpha value is -1.72. The number of aromatic hydroxyl groups is 1. The first-order valence-electron chi connectivity index (χ1n) is 7.57. The minimum absolute atomic E-state index is 0.0800. The molecule has 0 atom stereocenters. The number of aromatic nitrogens is 1. The highest BCUT2D eigenvalue weighted by atomic mass is 35.5. The summed E-state index contributed by atoms with van der Waals surface area (Å²) in [4.78, 5) is 0. The van der Waals surface area contributed by atoms with Crippen molar-refractivity contribution in [2.75, 3.05) is 5.73 Å². The summed E-state index contributed by atoms with van der Waals surface area (Å²) in [7, 11) is 2.10. The Bertz CT molecular complexity index is 797. The molecule has 0 aliphatic heterocycles. The average molecular weight is 350 g/mol. The molecule has 1 saturated carbocycles. The first-order valence-corrected chi connectivity index (χ1v) is 8.33. The minimum Gasteiger partial charge on any atom is -0.506 e. The van der Waals surface area contributed by atoms with Crippen LogP contribution >= 0.6 is 23.2 Å². The van der Waals surface area contributed by atoms with Crippen molar-refractivity contribution in [2.24, 2.45) is 5.73 Å². The summed E-state index contributed by atoms with van der Waals surface area (Å²) in [6.45, 7) is 0. The first kappa shape index (κ1) is 16.2. The van der Waals surface area contributed by atoms with E-state index in [1.807, 2.05) is 6.07 Å². The highest BCUT2D eigenvalue weighted by Gasteiger charge is 2.28. The molecule has 4 nitrogen and oxygen atoms in total. The molecule has 2 aromatic rings. The van der Waals surface area contributed by atoms with Gasteiger partial charge >= 0.3 is 0 Å². The van der Waals surface area contributed by atoms with E-state index in [1.54, 1.807) is 12.1 Å². The molecule has 0 saturated heterocycles. The lowest BCUT2D eigenvalue weighted by Gasteiger charge is -2.12. The zero-order valence-electron chi connectivity index (χ0n) is 12.8. The number of phenolic OH excluding ortho intramolecular Hbond substituents is 1. The molecular weight excluding hydrogens is 332 g/mol.